The second kappa shape index (κ2) is 7.41. The number of carbonyl (C=O) groups is 1. The van der Waals surface area contributed by atoms with E-state index >= 15 is 0 Å². The molecule has 2 rings (SSSR count). The molecule has 0 saturated heterocycles. The number of carboxylic acid groups (broad SMARTS) is 1. The van der Waals surface area contributed by atoms with Crippen LogP contribution in [0.4, 0.5) is 5.69 Å². The van der Waals surface area contributed by atoms with Crippen molar-refractivity contribution in [2.24, 2.45) is 0 Å². The summed E-state index contributed by atoms with van der Waals surface area (Å²) in [6, 6.07) is 11.7. The molecule has 4 heteroatoms. The van der Waals surface area contributed by atoms with Gasteiger partial charge in [-0.2, -0.15) is 0 Å². The van der Waals surface area contributed by atoms with Crippen LogP contribution in [0, 0.1) is 0 Å². The molecule has 0 aliphatic carbocycles. The molecule has 0 bridgehead atoms. The molecule has 0 aliphatic rings. The molecule has 4 nitrogen and oxygen atoms in total. The van der Waals surface area contributed by atoms with Crippen molar-refractivity contribution in [3.63, 3.8) is 0 Å². The summed E-state index contributed by atoms with van der Waals surface area (Å²) < 4.78 is 0. The topological polar surface area (TPSA) is 53.4 Å². The fourth-order valence-corrected chi connectivity index (χ4v) is 2.24. The van der Waals surface area contributed by atoms with E-state index in [-0.39, 0.29) is 5.69 Å². The molecule has 0 aliphatic heterocycles. The molecular formula is C18H20N2O2. The molecule has 22 heavy (non-hydrogen) atoms. The molecule has 0 spiro atoms. The maximum atomic E-state index is 10.9. The number of aromatic carboxylic acids is 1. The Kier molecular flexibility index (Phi) is 5.31. The van der Waals surface area contributed by atoms with Crippen molar-refractivity contribution in [3.8, 4) is 0 Å². The van der Waals surface area contributed by atoms with E-state index in [1.54, 1.807) is 12.1 Å². The van der Waals surface area contributed by atoms with Gasteiger partial charge in [0.2, 0.25) is 0 Å². The van der Waals surface area contributed by atoms with E-state index in [9.17, 15) is 4.79 Å². The second-order valence-electron chi connectivity index (χ2n) is 4.88. The van der Waals surface area contributed by atoms with Crippen LogP contribution in [0.5, 0.6) is 0 Å². The Morgan fingerprint density at radius 3 is 2.32 bits per heavy atom. The minimum absolute atomic E-state index is 0.0547. The van der Waals surface area contributed by atoms with Gasteiger partial charge in [-0.15, -0.1) is 0 Å². The van der Waals surface area contributed by atoms with Crippen LogP contribution in [0.15, 0.2) is 42.6 Å². The minimum atomic E-state index is -1.01. The monoisotopic (exact) mass is 296 g/mol. The Hall–Kier alpha value is -2.62. The van der Waals surface area contributed by atoms with Gasteiger partial charge < -0.3 is 10.0 Å². The molecule has 1 aromatic heterocycles. The average molecular weight is 296 g/mol. The van der Waals surface area contributed by atoms with Gasteiger partial charge in [-0.05, 0) is 49.2 Å². The van der Waals surface area contributed by atoms with Crippen LogP contribution in [0.2, 0.25) is 0 Å². The van der Waals surface area contributed by atoms with E-state index in [1.165, 1.54) is 11.9 Å². The first-order chi connectivity index (χ1) is 10.6. The van der Waals surface area contributed by atoms with E-state index < -0.39 is 5.97 Å². The number of benzene rings is 1. The predicted molar refractivity (Wildman–Crippen MR) is 90.1 cm³/mol. The first-order valence-corrected chi connectivity index (χ1v) is 7.36. The predicted octanol–water partition coefficient (Wildman–Crippen LogP) is 3.80. The number of pyridine rings is 1. The minimum Gasteiger partial charge on any atom is -0.477 e. The van der Waals surface area contributed by atoms with Crippen molar-refractivity contribution in [3.05, 3.63) is 59.4 Å². The molecule has 1 aromatic carbocycles. The molecular weight excluding hydrogens is 276 g/mol. The van der Waals surface area contributed by atoms with Crippen molar-refractivity contribution in [2.45, 2.75) is 13.8 Å². The number of hydrogen-bond donors (Lipinski definition) is 1. The van der Waals surface area contributed by atoms with Gasteiger partial charge in [0.1, 0.15) is 5.69 Å². The highest BCUT2D eigenvalue weighted by molar-refractivity contribution is 5.86. The maximum absolute atomic E-state index is 10.9. The number of aromatic nitrogens is 1. The molecule has 0 unspecified atom stereocenters. The van der Waals surface area contributed by atoms with Gasteiger partial charge >= 0.3 is 5.97 Å². The molecule has 114 valence electrons. The number of nitrogens with zero attached hydrogens (tertiary/aromatic N) is 2. The van der Waals surface area contributed by atoms with E-state index in [0.29, 0.717) is 0 Å². The first-order valence-electron chi connectivity index (χ1n) is 7.36. The lowest BCUT2D eigenvalue weighted by Crippen LogP contribution is -2.21. The molecule has 2 aromatic rings. The van der Waals surface area contributed by atoms with E-state index in [4.69, 9.17) is 5.11 Å². The van der Waals surface area contributed by atoms with Crippen molar-refractivity contribution >= 4 is 23.8 Å². The third-order valence-corrected chi connectivity index (χ3v) is 3.49. The average Bonchev–Trinajstić information content (AvgIpc) is 2.55. The lowest BCUT2D eigenvalue weighted by molar-refractivity contribution is 0.0690. The summed E-state index contributed by atoms with van der Waals surface area (Å²) in [5.74, 6) is -1.01. The third kappa shape index (κ3) is 3.95. The Labute approximate surface area is 130 Å². The summed E-state index contributed by atoms with van der Waals surface area (Å²) in [6.07, 6.45) is 5.36. The Morgan fingerprint density at radius 2 is 1.73 bits per heavy atom. The summed E-state index contributed by atoms with van der Waals surface area (Å²) in [6.45, 7) is 6.25. The third-order valence-electron chi connectivity index (χ3n) is 3.49. The highest BCUT2D eigenvalue weighted by Crippen LogP contribution is 2.16. The fraction of sp³-hybridized carbons (Fsp3) is 0.222. The highest BCUT2D eigenvalue weighted by Gasteiger charge is 2.03. The van der Waals surface area contributed by atoms with Crippen LogP contribution in [0.25, 0.3) is 12.2 Å². The van der Waals surface area contributed by atoms with Gasteiger partial charge in [0.25, 0.3) is 0 Å². The van der Waals surface area contributed by atoms with Crippen molar-refractivity contribution in [1.29, 1.82) is 0 Å². The van der Waals surface area contributed by atoms with Crippen LogP contribution in [-0.4, -0.2) is 29.1 Å². The summed E-state index contributed by atoms with van der Waals surface area (Å²) in [5, 5.41) is 8.93. The first kappa shape index (κ1) is 15.8. The zero-order chi connectivity index (χ0) is 15.9. The Morgan fingerprint density at radius 1 is 1.09 bits per heavy atom. The zero-order valence-corrected chi connectivity index (χ0v) is 12.9. The maximum Gasteiger partial charge on any atom is 0.354 e. The van der Waals surface area contributed by atoms with Gasteiger partial charge in [-0.3, -0.25) is 0 Å². The van der Waals surface area contributed by atoms with E-state index in [0.717, 1.165) is 24.2 Å². The van der Waals surface area contributed by atoms with Crippen LogP contribution in [-0.2, 0) is 0 Å². The van der Waals surface area contributed by atoms with Gasteiger partial charge in [0.15, 0.2) is 0 Å². The molecule has 0 atom stereocenters. The quantitative estimate of drug-likeness (QED) is 0.881. The van der Waals surface area contributed by atoms with Gasteiger partial charge in [0.05, 0.1) is 0 Å². The summed E-state index contributed by atoms with van der Waals surface area (Å²) in [7, 11) is 0. The molecule has 1 N–H and O–H groups in total. The van der Waals surface area contributed by atoms with Crippen LogP contribution < -0.4 is 4.90 Å². The van der Waals surface area contributed by atoms with E-state index in [2.05, 4.69) is 48.0 Å². The van der Waals surface area contributed by atoms with Gasteiger partial charge in [-0.25, -0.2) is 9.78 Å². The van der Waals surface area contributed by atoms with Gasteiger partial charge in [0, 0.05) is 25.0 Å². The number of carboxylic acids is 1. The van der Waals surface area contributed by atoms with Crippen LogP contribution >= 0.6 is 0 Å². The van der Waals surface area contributed by atoms with Crippen LogP contribution in [0.1, 0.15) is 35.5 Å². The normalized spacial score (nSPS) is 10.8. The molecule has 0 saturated carbocycles. The second-order valence-corrected chi connectivity index (χ2v) is 4.88. The Balaban J connectivity index is 2.13. The number of anilines is 1. The SMILES string of the molecule is CCN(CC)c1ccc(C=Cc2ccnc(C(=O)O)c2)cc1. The number of hydrogen-bond acceptors (Lipinski definition) is 3. The van der Waals surface area contributed by atoms with Crippen LogP contribution in [0.3, 0.4) is 0 Å². The van der Waals surface area contributed by atoms with Gasteiger partial charge in [-0.1, -0.05) is 24.3 Å². The zero-order valence-electron chi connectivity index (χ0n) is 12.9. The van der Waals surface area contributed by atoms with Crippen molar-refractivity contribution in [2.75, 3.05) is 18.0 Å². The summed E-state index contributed by atoms with van der Waals surface area (Å²) in [4.78, 5) is 17.0. The molecule has 0 fully saturated rings. The lowest BCUT2D eigenvalue weighted by Gasteiger charge is -2.20. The smallest absolute Gasteiger partial charge is 0.354 e. The fourth-order valence-electron chi connectivity index (χ4n) is 2.24. The van der Waals surface area contributed by atoms with Crippen molar-refractivity contribution in [1.82, 2.24) is 4.98 Å². The standard InChI is InChI=1S/C18H20N2O2/c1-3-20(4-2)16-9-7-14(8-10-16)5-6-15-11-12-19-17(13-15)18(21)22/h5-13H,3-4H2,1-2H3,(H,21,22). The van der Waals surface area contributed by atoms with E-state index in [1.807, 2.05) is 12.2 Å². The number of rotatable bonds is 6. The Bertz CT molecular complexity index is 659. The molecule has 0 amide bonds. The highest BCUT2D eigenvalue weighted by atomic mass is 16.4. The van der Waals surface area contributed by atoms with Crippen molar-refractivity contribution < 1.29 is 9.90 Å². The summed E-state index contributed by atoms with van der Waals surface area (Å²) >= 11 is 0. The summed E-state index contributed by atoms with van der Waals surface area (Å²) in [5.41, 5.74) is 3.16. The molecule has 1 heterocycles. The molecule has 0 radical (unpaired) electrons. The largest absolute Gasteiger partial charge is 0.477 e. The lowest BCUT2D eigenvalue weighted by atomic mass is 10.1.